The molecule has 1 rings (SSSR count). The van der Waals surface area contributed by atoms with Crippen LogP contribution in [-0.2, 0) is 4.79 Å². The second-order valence-electron chi connectivity index (χ2n) is 4.84. The third-order valence-electron chi connectivity index (χ3n) is 2.70. The average Bonchev–Trinajstić information content (AvgIpc) is 2.43. The Hall–Kier alpha value is -0.570. The minimum Gasteiger partial charge on any atom is -0.326 e. The minimum atomic E-state index is 0.251. The van der Waals surface area contributed by atoms with Crippen molar-refractivity contribution >= 4 is 5.91 Å². The third-order valence-corrected chi connectivity index (χ3v) is 2.70. The topological polar surface area (TPSA) is 32.3 Å². The van der Waals surface area contributed by atoms with Gasteiger partial charge >= 0.3 is 0 Å². The van der Waals surface area contributed by atoms with Gasteiger partial charge in [0.05, 0.1) is 12.7 Å². The highest BCUT2D eigenvalue weighted by Gasteiger charge is 2.31. The van der Waals surface area contributed by atoms with Gasteiger partial charge in [0.15, 0.2) is 0 Å². The maximum atomic E-state index is 11.6. The highest BCUT2D eigenvalue weighted by Crippen LogP contribution is 2.15. The van der Waals surface area contributed by atoms with E-state index in [1.54, 1.807) is 0 Å². The van der Waals surface area contributed by atoms with Crippen LogP contribution in [-0.4, -0.2) is 30.1 Å². The van der Waals surface area contributed by atoms with Crippen LogP contribution in [0.2, 0.25) is 0 Å². The van der Waals surface area contributed by atoms with Crippen molar-refractivity contribution in [2.24, 2.45) is 11.8 Å². The Morgan fingerprint density at radius 3 is 2.57 bits per heavy atom. The molecule has 1 fully saturated rings. The molecule has 0 aromatic heterocycles. The first-order valence-corrected chi connectivity index (χ1v) is 5.55. The highest BCUT2D eigenvalue weighted by molar-refractivity contribution is 5.80. The summed E-state index contributed by atoms with van der Waals surface area (Å²) >= 11 is 0. The molecule has 1 heterocycles. The lowest BCUT2D eigenvalue weighted by Crippen LogP contribution is -2.42. The van der Waals surface area contributed by atoms with E-state index in [1.807, 2.05) is 4.90 Å². The van der Waals surface area contributed by atoms with Crippen LogP contribution in [0.4, 0.5) is 0 Å². The number of nitrogens with one attached hydrogen (secondary N) is 1. The minimum absolute atomic E-state index is 0.251. The van der Waals surface area contributed by atoms with E-state index in [0.717, 1.165) is 13.0 Å². The summed E-state index contributed by atoms with van der Waals surface area (Å²) in [5.74, 6) is 1.41. The van der Waals surface area contributed by atoms with Crippen molar-refractivity contribution in [1.29, 1.82) is 0 Å². The summed E-state index contributed by atoms with van der Waals surface area (Å²) in [4.78, 5) is 13.6. The lowest BCUT2D eigenvalue weighted by molar-refractivity contribution is -0.128. The Kier molecular flexibility index (Phi) is 3.93. The molecule has 1 saturated heterocycles. The summed E-state index contributed by atoms with van der Waals surface area (Å²) in [7, 11) is 0. The Balaban J connectivity index is 2.49. The first kappa shape index (κ1) is 11.5. The van der Waals surface area contributed by atoms with Gasteiger partial charge in [-0.25, -0.2) is 0 Å². The predicted octanol–water partition coefficient (Wildman–Crippen LogP) is 1.45. The van der Waals surface area contributed by atoms with Crippen LogP contribution in [0.3, 0.4) is 0 Å². The number of nitrogens with zero attached hydrogens (tertiary/aromatic N) is 1. The predicted molar refractivity (Wildman–Crippen MR) is 57.8 cm³/mol. The zero-order valence-electron chi connectivity index (χ0n) is 9.71. The molecule has 14 heavy (non-hydrogen) atoms. The Morgan fingerprint density at radius 2 is 2.07 bits per heavy atom. The van der Waals surface area contributed by atoms with Crippen molar-refractivity contribution in [2.45, 2.75) is 40.3 Å². The summed E-state index contributed by atoms with van der Waals surface area (Å²) in [6, 6.07) is 0. The standard InChI is InChI=1S/C11H22N2O/c1-8(2)5-6-13-10(14)7-12-11(13)9(3)4/h8-9,11-12H,5-7H2,1-4H3. The van der Waals surface area contributed by atoms with Gasteiger partial charge in [0.1, 0.15) is 0 Å². The molecule has 0 aromatic rings. The van der Waals surface area contributed by atoms with Crippen molar-refractivity contribution in [1.82, 2.24) is 10.2 Å². The molecule has 0 radical (unpaired) electrons. The molecular weight excluding hydrogens is 176 g/mol. The van der Waals surface area contributed by atoms with Crippen LogP contribution in [0.5, 0.6) is 0 Å². The van der Waals surface area contributed by atoms with E-state index in [2.05, 4.69) is 33.0 Å². The first-order valence-electron chi connectivity index (χ1n) is 5.55. The van der Waals surface area contributed by atoms with Crippen LogP contribution in [0.15, 0.2) is 0 Å². The summed E-state index contributed by atoms with van der Waals surface area (Å²) in [6.07, 6.45) is 1.35. The van der Waals surface area contributed by atoms with Gasteiger partial charge in [-0.15, -0.1) is 0 Å². The van der Waals surface area contributed by atoms with Gasteiger partial charge in [-0.05, 0) is 18.3 Å². The van der Waals surface area contributed by atoms with Crippen LogP contribution >= 0.6 is 0 Å². The van der Waals surface area contributed by atoms with Crippen LogP contribution in [0.25, 0.3) is 0 Å². The van der Waals surface area contributed by atoms with Crippen molar-refractivity contribution in [3.05, 3.63) is 0 Å². The molecule has 1 atom stereocenters. The van der Waals surface area contributed by atoms with Gasteiger partial charge in [0.25, 0.3) is 0 Å². The highest BCUT2D eigenvalue weighted by atomic mass is 16.2. The van der Waals surface area contributed by atoms with Crippen molar-refractivity contribution in [2.75, 3.05) is 13.1 Å². The number of amides is 1. The monoisotopic (exact) mass is 198 g/mol. The summed E-state index contributed by atoms with van der Waals surface area (Å²) in [5.41, 5.74) is 0. The molecule has 3 nitrogen and oxygen atoms in total. The second kappa shape index (κ2) is 4.78. The fourth-order valence-electron chi connectivity index (χ4n) is 1.82. The molecule has 0 spiro atoms. The van der Waals surface area contributed by atoms with Gasteiger partial charge < -0.3 is 4.90 Å². The number of hydrogen-bond donors (Lipinski definition) is 1. The smallest absolute Gasteiger partial charge is 0.237 e. The Bertz CT molecular complexity index is 201. The maximum Gasteiger partial charge on any atom is 0.237 e. The van der Waals surface area contributed by atoms with E-state index in [0.29, 0.717) is 18.4 Å². The van der Waals surface area contributed by atoms with Crippen LogP contribution < -0.4 is 5.32 Å². The Morgan fingerprint density at radius 1 is 1.43 bits per heavy atom. The van der Waals surface area contributed by atoms with E-state index in [-0.39, 0.29) is 12.1 Å². The average molecular weight is 198 g/mol. The number of rotatable bonds is 4. The first-order chi connectivity index (χ1) is 6.52. The molecule has 0 saturated carbocycles. The fourth-order valence-corrected chi connectivity index (χ4v) is 1.82. The van der Waals surface area contributed by atoms with E-state index >= 15 is 0 Å². The zero-order valence-corrected chi connectivity index (χ0v) is 9.71. The quantitative estimate of drug-likeness (QED) is 0.741. The number of carbonyl (C=O) groups excluding carboxylic acids is 1. The van der Waals surface area contributed by atoms with Crippen molar-refractivity contribution in [3.63, 3.8) is 0 Å². The van der Waals surface area contributed by atoms with Crippen LogP contribution in [0.1, 0.15) is 34.1 Å². The maximum absolute atomic E-state index is 11.6. The van der Waals surface area contributed by atoms with E-state index in [1.165, 1.54) is 0 Å². The number of hydrogen-bond acceptors (Lipinski definition) is 2. The number of carbonyl (C=O) groups is 1. The van der Waals surface area contributed by atoms with E-state index < -0.39 is 0 Å². The van der Waals surface area contributed by atoms with Gasteiger partial charge in [0, 0.05) is 6.54 Å². The zero-order chi connectivity index (χ0) is 10.7. The Labute approximate surface area is 86.9 Å². The molecule has 1 unspecified atom stereocenters. The van der Waals surface area contributed by atoms with Gasteiger partial charge in [-0.3, -0.25) is 10.1 Å². The molecule has 82 valence electrons. The molecule has 3 heteroatoms. The fraction of sp³-hybridized carbons (Fsp3) is 0.909. The van der Waals surface area contributed by atoms with E-state index in [4.69, 9.17) is 0 Å². The summed E-state index contributed by atoms with van der Waals surface area (Å²) in [6.45, 7) is 10.1. The van der Waals surface area contributed by atoms with Crippen molar-refractivity contribution < 1.29 is 4.79 Å². The molecule has 0 aromatic carbocycles. The second-order valence-corrected chi connectivity index (χ2v) is 4.84. The molecule has 1 aliphatic heterocycles. The summed E-state index contributed by atoms with van der Waals surface area (Å²) < 4.78 is 0. The van der Waals surface area contributed by atoms with Gasteiger partial charge in [-0.1, -0.05) is 27.7 Å². The summed E-state index contributed by atoms with van der Waals surface area (Å²) in [5, 5.41) is 3.26. The lowest BCUT2D eigenvalue weighted by atomic mass is 10.1. The molecule has 0 bridgehead atoms. The lowest BCUT2D eigenvalue weighted by Gasteiger charge is -2.27. The molecule has 1 amide bonds. The molecule has 0 aliphatic carbocycles. The van der Waals surface area contributed by atoms with Crippen molar-refractivity contribution in [3.8, 4) is 0 Å². The SMILES string of the molecule is CC(C)CCN1C(=O)CNC1C(C)C. The van der Waals surface area contributed by atoms with Crippen LogP contribution in [0, 0.1) is 11.8 Å². The van der Waals surface area contributed by atoms with Gasteiger partial charge in [-0.2, -0.15) is 0 Å². The van der Waals surface area contributed by atoms with E-state index in [9.17, 15) is 4.79 Å². The normalized spacial score (nSPS) is 22.9. The van der Waals surface area contributed by atoms with Gasteiger partial charge in [0.2, 0.25) is 5.91 Å². The largest absolute Gasteiger partial charge is 0.326 e. The third kappa shape index (κ3) is 2.71. The molecule has 1 N–H and O–H groups in total. The molecular formula is C11H22N2O. The molecule has 1 aliphatic rings.